The lowest BCUT2D eigenvalue weighted by Crippen LogP contribution is -2.43. The van der Waals surface area contributed by atoms with Crippen molar-refractivity contribution in [1.82, 2.24) is 15.5 Å². The normalized spacial score (nSPS) is 19.8. The molecule has 138 valence electrons. The first-order chi connectivity index (χ1) is 12.4. The van der Waals surface area contributed by atoms with E-state index >= 15 is 0 Å². The van der Waals surface area contributed by atoms with E-state index in [9.17, 15) is 18.7 Å². The van der Waals surface area contributed by atoms with Crippen LogP contribution in [0.1, 0.15) is 23.2 Å². The van der Waals surface area contributed by atoms with E-state index < -0.39 is 18.6 Å². The van der Waals surface area contributed by atoms with Crippen molar-refractivity contribution in [2.45, 2.75) is 31.9 Å². The zero-order chi connectivity index (χ0) is 18.7. The third-order valence-corrected chi connectivity index (χ3v) is 4.34. The number of aryl methyl sites for hydroxylation is 1. The molecule has 26 heavy (non-hydrogen) atoms. The van der Waals surface area contributed by atoms with E-state index in [4.69, 9.17) is 0 Å². The molecule has 0 radical (unpaired) electrons. The molecule has 1 aliphatic rings. The van der Waals surface area contributed by atoms with Gasteiger partial charge in [-0.05, 0) is 24.6 Å². The van der Waals surface area contributed by atoms with Gasteiger partial charge in [-0.15, -0.1) is 5.10 Å². The van der Waals surface area contributed by atoms with Crippen LogP contribution in [0.5, 0.6) is 0 Å². The number of carbonyl (C=O) groups excluding carboxylic acids is 1. The van der Waals surface area contributed by atoms with Crippen molar-refractivity contribution in [2.24, 2.45) is 0 Å². The number of rotatable bonds is 5. The van der Waals surface area contributed by atoms with Gasteiger partial charge in [-0.3, -0.25) is 4.79 Å². The van der Waals surface area contributed by atoms with Crippen LogP contribution in [-0.4, -0.2) is 46.4 Å². The number of halogens is 2. The topological polar surface area (TPSA) is 78.4 Å². The van der Waals surface area contributed by atoms with E-state index in [-0.39, 0.29) is 17.9 Å². The Bertz CT molecular complexity index is 753. The van der Waals surface area contributed by atoms with Crippen molar-refractivity contribution < 1.29 is 18.7 Å². The Morgan fingerprint density at radius 3 is 2.58 bits per heavy atom. The van der Waals surface area contributed by atoms with Gasteiger partial charge in [0.05, 0.1) is 24.3 Å². The number of amides is 1. The van der Waals surface area contributed by atoms with Crippen LogP contribution in [0.2, 0.25) is 0 Å². The van der Waals surface area contributed by atoms with Crippen molar-refractivity contribution in [2.75, 3.05) is 18.0 Å². The number of aliphatic hydroxyl groups excluding tert-OH is 1. The number of alkyl halides is 2. The van der Waals surface area contributed by atoms with Gasteiger partial charge in [-0.1, -0.05) is 24.3 Å². The maximum atomic E-state index is 12.6. The summed E-state index contributed by atoms with van der Waals surface area (Å²) in [5.74, 6) is 0.379. The summed E-state index contributed by atoms with van der Waals surface area (Å²) in [5, 5.41) is 21.1. The smallest absolute Gasteiger partial charge is 0.263 e. The summed E-state index contributed by atoms with van der Waals surface area (Å²) in [6, 6.07) is 8.89. The molecule has 0 bridgehead atoms. The summed E-state index contributed by atoms with van der Waals surface area (Å²) >= 11 is 0. The predicted molar refractivity (Wildman–Crippen MR) is 92.0 cm³/mol. The number of benzene rings is 1. The van der Waals surface area contributed by atoms with Gasteiger partial charge < -0.3 is 15.3 Å². The SMILES string of the molecule is Cc1ccc(N2C[C@H](NC(=O)Cc3ccc(C(F)F)cc3)[C@@H](O)C2)nn1. The van der Waals surface area contributed by atoms with Crippen molar-refractivity contribution >= 4 is 11.7 Å². The highest BCUT2D eigenvalue weighted by molar-refractivity contribution is 5.79. The molecule has 0 unspecified atom stereocenters. The number of anilines is 1. The highest BCUT2D eigenvalue weighted by Crippen LogP contribution is 2.20. The molecule has 2 atom stereocenters. The lowest BCUT2D eigenvalue weighted by Gasteiger charge is -2.17. The van der Waals surface area contributed by atoms with Gasteiger partial charge in [0.15, 0.2) is 5.82 Å². The van der Waals surface area contributed by atoms with Gasteiger partial charge in [0.2, 0.25) is 5.91 Å². The molecule has 2 N–H and O–H groups in total. The molecule has 8 heteroatoms. The minimum atomic E-state index is -2.53. The zero-order valence-corrected chi connectivity index (χ0v) is 14.3. The average molecular weight is 362 g/mol. The molecule has 1 fully saturated rings. The minimum absolute atomic E-state index is 0.0665. The average Bonchev–Trinajstić information content (AvgIpc) is 2.96. The molecule has 0 aliphatic carbocycles. The zero-order valence-electron chi connectivity index (χ0n) is 14.3. The first-order valence-electron chi connectivity index (χ1n) is 8.32. The second-order valence-electron chi connectivity index (χ2n) is 6.40. The lowest BCUT2D eigenvalue weighted by atomic mass is 10.1. The summed E-state index contributed by atoms with van der Waals surface area (Å²) in [7, 11) is 0. The predicted octanol–water partition coefficient (Wildman–Crippen LogP) is 1.63. The van der Waals surface area contributed by atoms with Crippen LogP contribution in [0.4, 0.5) is 14.6 Å². The van der Waals surface area contributed by atoms with Crippen molar-refractivity contribution in [3.63, 3.8) is 0 Å². The number of hydrogen-bond acceptors (Lipinski definition) is 5. The van der Waals surface area contributed by atoms with Crippen LogP contribution < -0.4 is 10.2 Å². The Kier molecular flexibility index (Phi) is 5.41. The molecule has 0 saturated carbocycles. The van der Waals surface area contributed by atoms with Crippen LogP contribution in [-0.2, 0) is 11.2 Å². The molecule has 0 spiro atoms. The summed E-state index contributed by atoms with van der Waals surface area (Å²) in [6.07, 6.45) is -3.18. The minimum Gasteiger partial charge on any atom is -0.389 e. The number of nitrogens with one attached hydrogen (secondary N) is 1. The van der Waals surface area contributed by atoms with Crippen LogP contribution in [0, 0.1) is 6.92 Å². The molecule has 6 nitrogen and oxygen atoms in total. The number of β-amino-alcohol motifs (C(OH)–C–C–N with tert-alkyl or cyclic N) is 1. The fourth-order valence-electron chi connectivity index (χ4n) is 2.90. The monoisotopic (exact) mass is 362 g/mol. The first kappa shape index (κ1) is 18.2. The summed E-state index contributed by atoms with van der Waals surface area (Å²) in [4.78, 5) is 14.1. The van der Waals surface area contributed by atoms with Crippen molar-refractivity contribution in [3.05, 3.63) is 53.2 Å². The highest BCUT2D eigenvalue weighted by atomic mass is 19.3. The van der Waals surface area contributed by atoms with E-state index in [1.807, 2.05) is 24.0 Å². The van der Waals surface area contributed by atoms with E-state index in [1.165, 1.54) is 24.3 Å². The lowest BCUT2D eigenvalue weighted by molar-refractivity contribution is -0.121. The van der Waals surface area contributed by atoms with E-state index in [0.717, 1.165) is 5.69 Å². The number of hydrogen-bond donors (Lipinski definition) is 2. The van der Waals surface area contributed by atoms with Gasteiger partial charge in [0.1, 0.15) is 0 Å². The molecule has 2 heterocycles. The molecule has 1 amide bonds. The molecule has 1 aromatic heterocycles. The quantitative estimate of drug-likeness (QED) is 0.845. The fourth-order valence-corrected chi connectivity index (χ4v) is 2.90. The first-order valence-corrected chi connectivity index (χ1v) is 8.32. The maximum absolute atomic E-state index is 12.6. The van der Waals surface area contributed by atoms with Gasteiger partial charge in [0.25, 0.3) is 6.43 Å². The largest absolute Gasteiger partial charge is 0.389 e. The third kappa shape index (κ3) is 4.32. The van der Waals surface area contributed by atoms with E-state index in [2.05, 4.69) is 15.5 Å². The van der Waals surface area contributed by atoms with Gasteiger partial charge in [-0.2, -0.15) is 5.10 Å². The van der Waals surface area contributed by atoms with Crippen LogP contribution in [0.25, 0.3) is 0 Å². The van der Waals surface area contributed by atoms with Gasteiger partial charge in [-0.25, -0.2) is 8.78 Å². The summed E-state index contributed by atoms with van der Waals surface area (Å²) in [6.45, 7) is 2.62. The number of nitrogens with zero attached hydrogens (tertiary/aromatic N) is 3. The molecule has 3 rings (SSSR count). The number of aromatic nitrogens is 2. The molecule has 1 aliphatic heterocycles. The second kappa shape index (κ2) is 7.74. The number of carbonyl (C=O) groups is 1. The third-order valence-electron chi connectivity index (χ3n) is 4.34. The van der Waals surface area contributed by atoms with Gasteiger partial charge >= 0.3 is 0 Å². The van der Waals surface area contributed by atoms with Crippen LogP contribution in [0.3, 0.4) is 0 Å². The molecular formula is C18H20F2N4O2. The summed E-state index contributed by atoms with van der Waals surface area (Å²) < 4.78 is 25.1. The van der Waals surface area contributed by atoms with Crippen LogP contribution >= 0.6 is 0 Å². The molecular weight excluding hydrogens is 342 g/mol. The maximum Gasteiger partial charge on any atom is 0.263 e. The Morgan fingerprint density at radius 2 is 1.96 bits per heavy atom. The van der Waals surface area contributed by atoms with E-state index in [1.54, 1.807) is 0 Å². The van der Waals surface area contributed by atoms with Crippen molar-refractivity contribution in [1.29, 1.82) is 0 Å². The Labute approximate surface area is 149 Å². The number of aliphatic hydroxyl groups is 1. The standard InChI is InChI=1S/C18H20F2N4O2/c1-11-2-7-16(23-22-11)24-9-14(15(25)10-24)21-17(26)8-12-3-5-13(6-4-12)18(19)20/h2-7,14-15,18,25H,8-10H2,1H3,(H,21,26)/t14-,15-/m0/s1. The fraction of sp³-hybridized carbons (Fsp3) is 0.389. The van der Waals surface area contributed by atoms with E-state index in [0.29, 0.717) is 24.5 Å². The Balaban J connectivity index is 1.56. The van der Waals surface area contributed by atoms with Crippen molar-refractivity contribution in [3.8, 4) is 0 Å². The summed E-state index contributed by atoms with van der Waals surface area (Å²) in [5.41, 5.74) is 1.37. The van der Waals surface area contributed by atoms with Crippen LogP contribution in [0.15, 0.2) is 36.4 Å². The Morgan fingerprint density at radius 1 is 1.23 bits per heavy atom. The Hall–Kier alpha value is -2.61. The molecule has 2 aromatic rings. The highest BCUT2D eigenvalue weighted by Gasteiger charge is 2.33. The molecule has 1 saturated heterocycles. The molecule has 1 aromatic carbocycles. The van der Waals surface area contributed by atoms with Gasteiger partial charge in [0, 0.05) is 18.7 Å². The second-order valence-corrected chi connectivity index (χ2v) is 6.40.